The number of methoxy groups -OCH3 is 1. The van der Waals surface area contributed by atoms with Crippen LogP contribution < -0.4 is 14.9 Å². The molecule has 1 aliphatic carbocycles. The van der Waals surface area contributed by atoms with Gasteiger partial charge in [0, 0.05) is 5.56 Å². The Labute approximate surface area is 196 Å². The van der Waals surface area contributed by atoms with Crippen molar-refractivity contribution in [2.75, 3.05) is 7.11 Å². The molecule has 1 saturated carbocycles. The molecule has 0 saturated heterocycles. The molecule has 1 aliphatic rings. The minimum Gasteiger partial charge on any atom is -0.496 e. The number of nitrogens with zero attached hydrogens (tertiary/aromatic N) is 1. The summed E-state index contributed by atoms with van der Waals surface area (Å²) >= 11 is 6.77. The number of benzene rings is 2. The summed E-state index contributed by atoms with van der Waals surface area (Å²) in [4.78, 5) is 12.2. The molecule has 0 spiro atoms. The molecule has 0 aliphatic heterocycles. The van der Waals surface area contributed by atoms with Crippen LogP contribution in [0.3, 0.4) is 0 Å². The first-order valence-corrected chi connectivity index (χ1v) is 10.5. The van der Waals surface area contributed by atoms with Crippen molar-refractivity contribution in [2.24, 2.45) is 10.5 Å². The highest BCUT2D eigenvalue weighted by atomic mass is 79.9. The van der Waals surface area contributed by atoms with Gasteiger partial charge in [-0.2, -0.15) is 13.9 Å². The van der Waals surface area contributed by atoms with Gasteiger partial charge in [-0.25, -0.2) is 18.6 Å². The summed E-state index contributed by atoms with van der Waals surface area (Å²) in [6, 6.07) is 4.53. The van der Waals surface area contributed by atoms with E-state index in [-0.39, 0.29) is 17.2 Å². The van der Waals surface area contributed by atoms with Gasteiger partial charge in [0.05, 0.1) is 22.0 Å². The molecule has 2 aromatic rings. The van der Waals surface area contributed by atoms with Crippen LogP contribution in [0, 0.1) is 34.5 Å². The number of hydrogen-bond donors (Lipinski definition) is 1. The Kier molecular flexibility index (Phi) is 6.85. The maximum Gasteiger partial charge on any atom is 0.248 e. The van der Waals surface area contributed by atoms with Crippen molar-refractivity contribution in [3.8, 4) is 11.5 Å². The fourth-order valence-electron chi connectivity index (χ4n) is 2.79. The fraction of sp³-hybridized carbons (Fsp3) is 0.300. The van der Waals surface area contributed by atoms with E-state index in [4.69, 9.17) is 9.47 Å². The van der Waals surface area contributed by atoms with Crippen LogP contribution in [0.25, 0.3) is 0 Å². The summed E-state index contributed by atoms with van der Waals surface area (Å²) in [5.74, 6) is -12.1. The number of halogens is 7. The molecule has 0 bridgehead atoms. The van der Waals surface area contributed by atoms with Gasteiger partial charge in [-0.3, -0.25) is 4.79 Å². The Bertz CT molecular complexity index is 1080. The van der Waals surface area contributed by atoms with E-state index in [0.29, 0.717) is 12.0 Å². The number of nitrogens with one attached hydrogen (secondary N) is 1. The fourth-order valence-corrected chi connectivity index (χ4v) is 4.27. The number of alkyl halides is 2. The van der Waals surface area contributed by atoms with Crippen molar-refractivity contribution in [1.29, 1.82) is 0 Å². The molecule has 0 radical (unpaired) electrons. The Morgan fingerprint density at radius 3 is 2.22 bits per heavy atom. The molecule has 1 unspecified atom stereocenters. The molecule has 3 rings (SSSR count). The maximum absolute atomic E-state index is 13.8. The van der Waals surface area contributed by atoms with Crippen LogP contribution in [0.5, 0.6) is 11.5 Å². The van der Waals surface area contributed by atoms with Gasteiger partial charge in [0.15, 0.2) is 5.75 Å². The van der Waals surface area contributed by atoms with Gasteiger partial charge in [0.1, 0.15) is 12.4 Å². The Morgan fingerprint density at radius 2 is 1.69 bits per heavy atom. The van der Waals surface area contributed by atoms with Crippen LogP contribution in [-0.4, -0.2) is 22.5 Å². The topological polar surface area (TPSA) is 59.9 Å². The quantitative estimate of drug-likeness (QED) is 0.120. The number of carbonyl (C=O) groups excluding carboxylic acids is 1. The summed E-state index contributed by atoms with van der Waals surface area (Å²) in [7, 11) is 1.33. The first-order valence-electron chi connectivity index (χ1n) is 8.95. The maximum atomic E-state index is 13.8. The van der Waals surface area contributed by atoms with E-state index in [2.05, 4.69) is 42.4 Å². The van der Waals surface area contributed by atoms with Crippen molar-refractivity contribution in [1.82, 2.24) is 5.43 Å². The molecule has 1 N–H and O–H groups in total. The number of amides is 1. The third-order valence-corrected chi connectivity index (χ3v) is 7.30. The molecule has 12 heteroatoms. The molecule has 0 aromatic heterocycles. The predicted molar refractivity (Wildman–Crippen MR) is 113 cm³/mol. The standard InChI is InChI=1S/C20H15Br2F5N2O3/c1-19(8-20(19,21)22)18(30)29-28-6-9-3-4-11(31-2)10(5-9)7-32-17-15(26)13(24)12(23)14(25)16(17)27/h3-6H,7-8H2,1-2H3,(H,29,30)/b28-6+. The molecule has 2 aromatic carbocycles. The van der Waals surface area contributed by atoms with Crippen LogP contribution >= 0.6 is 31.9 Å². The minimum absolute atomic E-state index is 0.237. The van der Waals surface area contributed by atoms with Crippen LogP contribution in [0.2, 0.25) is 0 Å². The van der Waals surface area contributed by atoms with Gasteiger partial charge in [0.25, 0.3) is 0 Å². The second-order valence-electron chi connectivity index (χ2n) is 7.17. The lowest BCUT2D eigenvalue weighted by Gasteiger charge is -2.13. The largest absolute Gasteiger partial charge is 0.496 e. The Balaban J connectivity index is 1.76. The number of hydrazone groups is 1. The van der Waals surface area contributed by atoms with Gasteiger partial charge < -0.3 is 9.47 Å². The van der Waals surface area contributed by atoms with Crippen molar-refractivity contribution < 1.29 is 36.2 Å². The highest BCUT2D eigenvalue weighted by Gasteiger charge is 2.66. The second kappa shape index (κ2) is 8.97. The highest BCUT2D eigenvalue weighted by Crippen LogP contribution is 2.66. The van der Waals surface area contributed by atoms with Gasteiger partial charge in [0.2, 0.25) is 35.0 Å². The molecule has 1 amide bonds. The van der Waals surface area contributed by atoms with Gasteiger partial charge in [-0.1, -0.05) is 31.9 Å². The SMILES string of the molecule is COc1ccc(/C=N/NC(=O)C2(C)CC2(Br)Br)cc1COc1c(F)c(F)c(F)c(F)c1F. The van der Waals surface area contributed by atoms with E-state index in [0.717, 1.165) is 0 Å². The minimum atomic E-state index is -2.28. The lowest BCUT2D eigenvalue weighted by atomic mass is 10.1. The molecule has 1 atom stereocenters. The van der Waals surface area contributed by atoms with Crippen LogP contribution in [0.15, 0.2) is 23.3 Å². The highest BCUT2D eigenvalue weighted by molar-refractivity contribution is 9.25. The molecule has 172 valence electrons. The molecule has 1 fully saturated rings. The zero-order valence-electron chi connectivity index (χ0n) is 16.5. The average Bonchev–Trinajstić information content (AvgIpc) is 3.29. The first-order chi connectivity index (χ1) is 14.9. The van der Waals surface area contributed by atoms with E-state index in [1.54, 1.807) is 13.0 Å². The van der Waals surface area contributed by atoms with Crippen LogP contribution in [-0.2, 0) is 11.4 Å². The van der Waals surface area contributed by atoms with Gasteiger partial charge in [-0.15, -0.1) is 0 Å². The third kappa shape index (κ3) is 4.47. The first kappa shape index (κ1) is 24.4. The summed E-state index contributed by atoms with van der Waals surface area (Å²) < 4.78 is 77.1. The summed E-state index contributed by atoms with van der Waals surface area (Å²) in [5, 5.41) is 3.88. The van der Waals surface area contributed by atoms with Gasteiger partial charge in [-0.05, 0) is 37.1 Å². The number of ether oxygens (including phenoxy) is 2. The Morgan fingerprint density at radius 1 is 1.12 bits per heavy atom. The van der Waals surface area contributed by atoms with E-state index in [1.165, 1.54) is 25.5 Å². The van der Waals surface area contributed by atoms with Crippen molar-refractivity contribution in [2.45, 2.75) is 23.2 Å². The van der Waals surface area contributed by atoms with E-state index in [9.17, 15) is 26.7 Å². The molecule has 5 nitrogen and oxygen atoms in total. The normalized spacial score (nSPS) is 19.2. The molecular weight excluding hydrogens is 571 g/mol. The predicted octanol–water partition coefficient (Wildman–Crippen LogP) is 5.32. The number of hydrogen-bond acceptors (Lipinski definition) is 4. The van der Waals surface area contributed by atoms with Crippen molar-refractivity contribution >= 4 is 44.0 Å². The number of rotatable bonds is 7. The van der Waals surface area contributed by atoms with E-state index < -0.39 is 50.1 Å². The van der Waals surface area contributed by atoms with Crippen molar-refractivity contribution in [3.63, 3.8) is 0 Å². The monoisotopic (exact) mass is 584 g/mol. The third-order valence-electron chi connectivity index (χ3n) is 4.98. The van der Waals surface area contributed by atoms with E-state index >= 15 is 0 Å². The molecular formula is C20H15Br2F5N2O3. The van der Waals surface area contributed by atoms with Crippen molar-refractivity contribution in [3.05, 3.63) is 58.4 Å². The Hall–Kier alpha value is -2.21. The smallest absolute Gasteiger partial charge is 0.248 e. The second-order valence-corrected chi connectivity index (χ2v) is 10.9. The summed E-state index contributed by atoms with van der Waals surface area (Å²) in [6.45, 7) is 1.19. The molecule has 32 heavy (non-hydrogen) atoms. The average molecular weight is 586 g/mol. The van der Waals surface area contributed by atoms with Crippen LogP contribution in [0.1, 0.15) is 24.5 Å². The van der Waals surface area contributed by atoms with E-state index in [1.807, 2.05) is 0 Å². The van der Waals surface area contributed by atoms with Crippen LogP contribution in [0.4, 0.5) is 22.0 Å². The molecule has 0 heterocycles. The summed E-state index contributed by atoms with van der Waals surface area (Å²) in [5.41, 5.74) is 2.44. The number of carbonyl (C=O) groups is 1. The lowest BCUT2D eigenvalue weighted by Crippen LogP contribution is -2.29. The lowest BCUT2D eigenvalue weighted by molar-refractivity contribution is -0.125. The van der Waals surface area contributed by atoms with Gasteiger partial charge >= 0.3 is 0 Å². The summed E-state index contributed by atoms with van der Waals surface area (Å²) in [6.07, 6.45) is 1.89. The zero-order chi connectivity index (χ0) is 23.8. The zero-order valence-corrected chi connectivity index (χ0v) is 19.7.